The van der Waals surface area contributed by atoms with Gasteiger partial charge in [0.25, 0.3) is 5.91 Å². The maximum Gasteiger partial charge on any atom is 0.449 e. The Morgan fingerprint density at radius 3 is 2.56 bits per heavy atom. The molecule has 0 spiro atoms. The Labute approximate surface area is 95.2 Å². The van der Waals surface area contributed by atoms with E-state index in [1.807, 2.05) is 0 Å². The molecule has 1 fully saturated rings. The van der Waals surface area contributed by atoms with Crippen molar-refractivity contribution in [3.63, 3.8) is 0 Å². The lowest BCUT2D eigenvalue weighted by Gasteiger charge is -2.32. The van der Waals surface area contributed by atoms with Gasteiger partial charge in [0.15, 0.2) is 0 Å². The van der Waals surface area contributed by atoms with Gasteiger partial charge in [0, 0.05) is 6.42 Å². The average Bonchev–Trinajstić information content (AvgIpc) is 2.19. The second-order valence-electron chi connectivity index (χ2n) is 4.85. The monoisotopic (exact) mass is 229 g/mol. The Bertz CT molecular complexity index is 286. The average molecular weight is 229 g/mol. The molecule has 1 heterocycles. The molecule has 0 aromatic carbocycles. The SMILES string of the molecule is CC(C)(C)N(N)C(=O)ON1CCCCC1=O. The predicted molar refractivity (Wildman–Crippen MR) is 57.8 cm³/mol. The molecule has 0 unspecified atom stereocenters. The maximum atomic E-state index is 11.6. The molecule has 0 saturated carbocycles. The van der Waals surface area contributed by atoms with Gasteiger partial charge in [0.2, 0.25) is 0 Å². The first-order chi connectivity index (χ1) is 7.32. The number of amides is 2. The Kier molecular flexibility index (Phi) is 3.74. The lowest BCUT2D eigenvalue weighted by atomic mass is 10.1. The summed E-state index contributed by atoms with van der Waals surface area (Å²) >= 11 is 0. The molecule has 0 atom stereocenters. The van der Waals surface area contributed by atoms with Crippen LogP contribution in [0.25, 0.3) is 0 Å². The lowest BCUT2D eigenvalue weighted by molar-refractivity contribution is -0.174. The van der Waals surface area contributed by atoms with Gasteiger partial charge in [-0.3, -0.25) is 4.79 Å². The van der Waals surface area contributed by atoms with Crippen molar-refractivity contribution in [1.29, 1.82) is 0 Å². The number of carbonyl (C=O) groups is 2. The van der Waals surface area contributed by atoms with Gasteiger partial charge in [-0.25, -0.2) is 15.6 Å². The Morgan fingerprint density at radius 2 is 2.06 bits per heavy atom. The minimum absolute atomic E-state index is 0.165. The van der Waals surface area contributed by atoms with Gasteiger partial charge >= 0.3 is 6.09 Å². The van der Waals surface area contributed by atoms with Gasteiger partial charge in [-0.1, -0.05) is 0 Å². The van der Waals surface area contributed by atoms with Gasteiger partial charge in [-0.15, -0.1) is 0 Å². The van der Waals surface area contributed by atoms with Crippen molar-refractivity contribution in [2.24, 2.45) is 5.84 Å². The third-order valence-corrected chi connectivity index (χ3v) is 2.39. The number of nitrogens with two attached hydrogens (primary N) is 1. The van der Waals surface area contributed by atoms with Crippen LogP contribution in [0.5, 0.6) is 0 Å². The number of nitrogens with zero attached hydrogens (tertiary/aromatic N) is 2. The van der Waals surface area contributed by atoms with E-state index in [2.05, 4.69) is 0 Å². The highest BCUT2D eigenvalue weighted by Crippen LogP contribution is 2.14. The fourth-order valence-electron chi connectivity index (χ4n) is 1.29. The van der Waals surface area contributed by atoms with E-state index in [0.717, 1.165) is 22.9 Å². The van der Waals surface area contributed by atoms with Crippen LogP contribution >= 0.6 is 0 Å². The lowest BCUT2D eigenvalue weighted by Crippen LogP contribution is -2.53. The number of hydrogen-bond acceptors (Lipinski definition) is 4. The minimum Gasteiger partial charge on any atom is -0.318 e. The molecule has 6 heteroatoms. The van der Waals surface area contributed by atoms with E-state index >= 15 is 0 Å². The van der Waals surface area contributed by atoms with Gasteiger partial charge in [0.1, 0.15) is 0 Å². The zero-order valence-corrected chi connectivity index (χ0v) is 10.0. The molecule has 6 nitrogen and oxygen atoms in total. The molecule has 1 saturated heterocycles. The second kappa shape index (κ2) is 4.69. The third kappa shape index (κ3) is 3.10. The Hall–Kier alpha value is -1.30. The minimum atomic E-state index is -0.706. The van der Waals surface area contributed by atoms with E-state index in [1.165, 1.54) is 0 Å². The summed E-state index contributed by atoms with van der Waals surface area (Å²) in [4.78, 5) is 27.9. The molecule has 0 aromatic rings. The highest BCUT2D eigenvalue weighted by molar-refractivity contribution is 5.78. The molecule has 0 bridgehead atoms. The van der Waals surface area contributed by atoms with Crippen LogP contribution in [0, 0.1) is 0 Å². The molecular formula is C10H19N3O3. The molecule has 92 valence electrons. The van der Waals surface area contributed by atoms with Crippen LogP contribution in [0.4, 0.5) is 4.79 Å². The van der Waals surface area contributed by atoms with Crippen LogP contribution in [-0.2, 0) is 9.63 Å². The zero-order valence-electron chi connectivity index (χ0n) is 10.0. The van der Waals surface area contributed by atoms with Crippen molar-refractivity contribution in [2.45, 2.75) is 45.6 Å². The van der Waals surface area contributed by atoms with Crippen molar-refractivity contribution in [3.05, 3.63) is 0 Å². The summed E-state index contributed by atoms with van der Waals surface area (Å²) in [6, 6.07) is 0. The molecule has 0 radical (unpaired) electrons. The fraction of sp³-hybridized carbons (Fsp3) is 0.800. The van der Waals surface area contributed by atoms with E-state index in [4.69, 9.17) is 10.7 Å². The van der Waals surface area contributed by atoms with Crippen molar-refractivity contribution < 1.29 is 14.4 Å². The van der Waals surface area contributed by atoms with Gasteiger partial charge in [-0.2, -0.15) is 5.06 Å². The highest BCUT2D eigenvalue weighted by atomic mass is 16.7. The molecule has 1 aliphatic heterocycles. The van der Waals surface area contributed by atoms with E-state index in [0.29, 0.717) is 13.0 Å². The molecule has 1 rings (SSSR count). The van der Waals surface area contributed by atoms with Crippen molar-refractivity contribution >= 4 is 12.0 Å². The van der Waals surface area contributed by atoms with Crippen molar-refractivity contribution in [3.8, 4) is 0 Å². The standard InChI is InChI=1S/C10H19N3O3/c1-10(2,3)13(11)9(15)16-12-7-5-4-6-8(12)14/h4-7,11H2,1-3H3. The molecule has 0 aliphatic carbocycles. The zero-order chi connectivity index (χ0) is 12.3. The number of carbonyl (C=O) groups excluding carboxylic acids is 2. The topological polar surface area (TPSA) is 75.9 Å². The summed E-state index contributed by atoms with van der Waals surface area (Å²) in [6.07, 6.45) is 1.41. The summed E-state index contributed by atoms with van der Waals surface area (Å²) in [5.41, 5.74) is -0.532. The first-order valence-corrected chi connectivity index (χ1v) is 5.39. The quantitative estimate of drug-likeness (QED) is 0.414. The van der Waals surface area contributed by atoms with Crippen LogP contribution < -0.4 is 5.84 Å². The summed E-state index contributed by atoms with van der Waals surface area (Å²) < 4.78 is 0. The van der Waals surface area contributed by atoms with E-state index in [9.17, 15) is 9.59 Å². The summed E-state index contributed by atoms with van der Waals surface area (Å²) in [5, 5.41) is 2.08. The summed E-state index contributed by atoms with van der Waals surface area (Å²) in [5.74, 6) is 5.41. The van der Waals surface area contributed by atoms with Gasteiger partial charge in [-0.05, 0) is 33.6 Å². The Morgan fingerprint density at radius 1 is 1.44 bits per heavy atom. The van der Waals surface area contributed by atoms with Gasteiger partial charge in [0.05, 0.1) is 12.1 Å². The van der Waals surface area contributed by atoms with Crippen LogP contribution in [0.15, 0.2) is 0 Å². The van der Waals surface area contributed by atoms with E-state index in [1.54, 1.807) is 20.8 Å². The van der Waals surface area contributed by atoms with Gasteiger partial charge < -0.3 is 4.84 Å². The predicted octanol–water partition coefficient (Wildman–Crippen LogP) is 1.02. The van der Waals surface area contributed by atoms with Crippen LogP contribution in [0.1, 0.15) is 40.0 Å². The number of piperidine rings is 1. The normalized spacial score (nSPS) is 17.2. The van der Waals surface area contributed by atoms with E-state index < -0.39 is 11.6 Å². The van der Waals surface area contributed by atoms with E-state index in [-0.39, 0.29) is 5.91 Å². The molecule has 16 heavy (non-hydrogen) atoms. The molecular weight excluding hydrogens is 210 g/mol. The molecule has 2 amide bonds. The third-order valence-electron chi connectivity index (χ3n) is 2.39. The molecule has 0 aromatic heterocycles. The van der Waals surface area contributed by atoms with Crippen LogP contribution in [0.3, 0.4) is 0 Å². The Balaban J connectivity index is 2.53. The first-order valence-electron chi connectivity index (χ1n) is 5.39. The molecule has 2 N–H and O–H groups in total. The summed E-state index contributed by atoms with van der Waals surface area (Å²) in [6.45, 7) is 5.80. The second-order valence-corrected chi connectivity index (χ2v) is 4.85. The number of hydrogen-bond donors (Lipinski definition) is 1. The van der Waals surface area contributed by atoms with Crippen LogP contribution in [-0.4, -0.2) is 34.2 Å². The first kappa shape index (κ1) is 12.8. The number of rotatable bonds is 1. The largest absolute Gasteiger partial charge is 0.449 e. The highest BCUT2D eigenvalue weighted by Gasteiger charge is 2.29. The van der Waals surface area contributed by atoms with Crippen LogP contribution in [0.2, 0.25) is 0 Å². The smallest absolute Gasteiger partial charge is 0.318 e. The van der Waals surface area contributed by atoms with Crippen molar-refractivity contribution in [1.82, 2.24) is 10.1 Å². The fourth-order valence-corrected chi connectivity index (χ4v) is 1.29. The number of hydrazine groups is 1. The summed E-state index contributed by atoms with van der Waals surface area (Å²) in [7, 11) is 0. The maximum absolute atomic E-state index is 11.6. The molecule has 1 aliphatic rings. The van der Waals surface area contributed by atoms with Crippen molar-refractivity contribution in [2.75, 3.05) is 6.54 Å². The number of hydroxylamine groups is 2.